The number of anilines is 2. The van der Waals surface area contributed by atoms with E-state index < -0.39 is 5.60 Å². The van der Waals surface area contributed by atoms with Gasteiger partial charge in [-0.25, -0.2) is 19.7 Å². The average molecular weight is 582 g/mol. The van der Waals surface area contributed by atoms with Crippen molar-refractivity contribution >= 4 is 34.7 Å². The fraction of sp³-hybridized carbons (Fsp3) is 0.424. The summed E-state index contributed by atoms with van der Waals surface area (Å²) in [5, 5.41) is 6.57. The number of likely N-dealkylation sites (tertiary alicyclic amines) is 1. The monoisotopic (exact) mass is 581 g/mol. The predicted molar refractivity (Wildman–Crippen MR) is 165 cm³/mol. The van der Waals surface area contributed by atoms with Gasteiger partial charge >= 0.3 is 6.09 Å². The molecule has 0 bridgehead atoms. The number of benzene rings is 2. The lowest BCUT2D eigenvalue weighted by molar-refractivity contribution is -0.121. The summed E-state index contributed by atoms with van der Waals surface area (Å²) >= 11 is 0. The summed E-state index contributed by atoms with van der Waals surface area (Å²) in [6.45, 7) is 7.08. The second-order valence-corrected chi connectivity index (χ2v) is 12.6. The molecule has 1 aliphatic heterocycles. The highest BCUT2D eigenvalue weighted by Gasteiger charge is 2.33. The standard InChI is InChI=1S/C33H39N7O3/c1-33(2,3)43-32(42)39-15-13-24(14-16-39)23-9-11-25(12-10-23)38-30-29-31(35-20-34-30)40(21-36-29)27-18-26(19-27)37-28(41)17-22-7-5-4-6-8-22/h4-12,20-21,24,26-27H,13-19H2,1-3H3,(H,37,41)(H,34,35,38). The first-order chi connectivity index (χ1) is 20.7. The smallest absolute Gasteiger partial charge is 0.410 e. The maximum absolute atomic E-state index is 12.5. The van der Waals surface area contributed by atoms with Crippen molar-refractivity contribution in [3.8, 4) is 0 Å². The van der Waals surface area contributed by atoms with Crippen LogP contribution in [-0.4, -0.2) is 61.2 Å². The number of hydrogen-bond acceptors (Lipinski definition) is 7. The largest absolute Gasteiger partial charge is 0.444 e. The van der Waals surface area contributed by atoms with Crippen molar-refractivity contribution in [1.82, 2.24) is 29.7 Å². The summed E-state index contributed by atoms with van der Waals surface area (Å²) < 4.78 is 7.62. The molecule has 2 aromatic heterocycles. The highest BCUT2D eigenvalue weighted by Crippen LogP contribution is 2.35. The van der Waals surface area contributed by atoms with Gasteiger partial charge in [0.2, 0.25) is 5.91 Å². The predicted octanol–water partition coefficient (Wildman–Crippen LogP) is 5.75. The van der Waals surface area contributed by atoms with E-state index >= 15 is 0 Å². The quantitative estimate of drug-likeness (QED) is 0.286. The van der Waals surface area contributed by atoms with Crippen LogP contribution in [0.1, 0.15) is 69.5 Å². The number of carbonyl (C=O) groups is 2. The van der Waals surface area contributed by atoms with Gasteiger partial charge in [0.05, 0.1) is 12.7 Å². The number of amides is 2. The molecular formula is C33H39N7O3. The number of piperidine rings is 1. The highest BCUT2D eigenvalue weighted by molar-refractivity contribution is 5.85. The number of ether oxygens (including phenoxy) is 1. The van der Waals surface area contributed by atoms with Gasteiger partial charge in [-0.1, -0.05) is 42.5 Å². The Kier molecular flexibility index (Phi) is 8.01. The van der Waals surface area contributed by atoms with E-state index in [1.54, 1.807) is 6.33 Å². The average Bonchev–Trinajstić information content (AvgIpc) is 3.39. The Morgan fingerprint density at radius 1 is 0.953 bits per heavy atom. The van der Waals surface area contributed by atoms with E-state index in [0.717, 1.165) is 48.1 Å². The molecule has 0 radical (unpaired) electrons. The molecule has 10 heteroatoms. The van der Waals surface area contributed by atoms with Crippen LogP contribution in [0.5, 0.6) is 0 Å². The molecule has 0 spiro atoms. The first-order valence-corrected chi connectivity index (χ1v) is 15.1. The Hall–Kier alpha value is -4.47. The van der Waals surface area contributed by atoms with E-state index in [9.17, 15) is 9.59 Å². The maximum Gasteiger partial charge on any atom is 0.410 e. The van der Waals surface area contributed by atoms with Crippen LogP contribution in [0.2, 0.25) is 0 Å². The zero-order chi connectivity index (χ0) is 30.0. The lowest BCUT2D eigenvalue weighted by atomic mass is 9.86. The van der Waals surface area contributed by atoms with Gasteiger partial charge in [-0.2, -0.15) is 0 Å². The number of fused-ring (bicyclic) bond motifs is 1. The minimum Gasteiger partial charge on any atom is -0.444 e. The molecule has 1 saturated carbocycles. The zero-order valence-electron chi connectivity index (χ0n) is 25.0. The lowest BCUT2D eigenvalue weighted by Crippen LogP contribution is -2.45. The molecule has 0 atom stereocenters. The zero-order valence-corrected chi connectivity index (χ0v) is 25.0. The molecule has 2 amide bonds. The summed E-state index contributed by atoms with van der Waals surface area (Å²) in [7, 11) is 0. The molecule has 3 heterocycles. The fourth-order valence-corrected chi connectivity index (χ4v) is 5.90. The molecule has 10 nitrogen and oxygen atoms in total. The summed E-state index contributed by atoms with van der Waals surface area (Å²) in [5.74, 6) is 1.12. The minimum atomic E-state index is -0.480. The molecule has 4 aromatic rings. The molecule has 1 aliphatic carbocycles. The summed E-state index contributed by atoms with van der Waals surface area (Å²) in [6.07, 6.45) is 7.06. The molecule has 2 N–H and O–H groups in total. The third-order valence-electron chi connectivity index (χ3n) is 8.23. The lowest BCUT2D eigenvalue weighted by Gasteiger charge is -2.36. The molecule has 2 aromatic carbocycles. The molecule has 2 fully saturated rings. The van der Waals surface area contributed by atoms with Crippen molar-refractivity contribution in [3.63, 3.8) is 0 Å². The first kappa shape index (κ1) is 28.6. The van der Waals surface area contributed by atoms with Gasteiger partial charge in [0, 0.05) is 30.9 Å². The van der Waals surface area contributed by atoms with Crippen molar-refractivity contribution < 1.29 is 14.3 Å². The van der Waals surface area contributed by atoms with Gasteiger partial charge in [-0.05, 0) is 75.6 Å². The van der Waals surface area contributed by atoms with Crippen molar-refractivity contribution in [1.29, 1.82) is 0 Å². The van der Waals surface area contributed by atoms with E-state index in [4.69, 9.17) is 4.74 Å². The van der Waals surface area contributed by atoms with Crippen molar-refractivity contribution in [3.05, 3.63) is 78.4 Å². The van der Waals surface area contributed by atoms with Crippen molar-refractivity contribution in [2.24, 2.45) is 0 Å². The number of nitrogens with zero attached hydrogens (tertiary/aromatic N) is 5. The second-order valence-electron chi connectivity index (χ2n) is 12.6. The molecule has 6 rings (SSSR count). The van der Waals surface area contributed by atoms with Gasteiger partial charge in [-0.3, -0.25) is 4.79 Å². The highest BCUT2D eigenvalue weighted by atomic mass is 16.6. The molecular weight excluding hydrogens is 542 g/mol. The number of rotatable bonds is 7. The molecule has 43 heavy (non-hydrogen) atoms. The van der Waals surface area contributed by atoms with Crippen LogP contribution in [0, 0.1) is 0 Å². The van der Waals surface area contributed by atoms with E-state index in [1.165, 1.54) is 5.56 Å². The van der Waals surface area contributed by atoms with Gasteiger partial charge in [0.25, 0.3) is 0 Å². The second kappa shape index (κ2) is 12.0. The van der Waals surface area contributed by atoms with E-state index in [0.29, 0.717) is 31.2 Å². The maximum atomic E-state index is 12.5. The molecule has 2 aliphatic rings. The Bertz CT molecular complexity index is 1570. The van der Waals surface area contributed by atoms with Crippen LogP contribution in [0.15, 0.2) is 67.3 Å². The third-order valence-corrected chi connectivity index (χ3v) is 8.23. The number of imidazole rings is 1. The number of carbonyl (C=O) groups excluding carboxylic acids is 2. The normalized spacial score (nSPS) is 19.1. The molecule has 1 saturated heterocycles. The summed E-state index contributed by atoms with van der Waals surface area (Å²) in [4.78, 5) is 40.3. The minimum absolute atomic E-state index is 0.0521. The molecule has 224 valence electrons. The van der Waals surface area contributed by atoms with Crippen LogP contribution < -0.4 is 10.6 Å². The molecule has 0 unspecified atom stereocenters. The van der Waals surface area contributed by atoms with Crippen LogP contribution in [0.3, 0.4) is 0 Å². The SMILES string of the molecule is CC(C)(C)OC(=O)N1CCC(c2ccc(Nc3ncnc4c3ncn4C3CC(NC(=O)Cc4ccccc4)C3)cc2)CC1. The number of nitrogens with one attached hydrogen (secondary N) is 2. The van der Waals surface area contributed by atoms with Crippen LogP contribution in [-0.2, 0) is 16.0 Å². The first-order valence-electron chi connectivity index (χ1n) is 15.1. The topological polar surface area (TPSA) is 114 Å². The summed E-state index contributed by atoms with van der Waals surface area (Å²) in [6, 6.07) is 18.6. The van der Waals surface area contributed by atoms with Gasteiger partial charge in [-0.15, -0.1) is 0 Å². The Morgan fingerprint density at radius 2 is 1.67 bits per heavy atom. The van der Waals surface area contributed by atoms with Crippen LogP contribution in [0.4, 0.5) is 16.3 Å². The van der Waals surface area contributed by atoms with Crippen LogP contribution >= 0.6 is 0 Å². The van der Waals surface area contributed by atoms with Crippen molar-refractivity contribution in [2.45, 2.75) is 76.5 Å². The van der Waals surface area contributed by atoms with E-state index in [1.807, 2.05) is 62.3 Å². The Balaban J connectivity index is 1.03. The van der Waals surface area contributed by atoms with E-state index in [2.05, 4.69) is 54.4 Å². The fourth-order valence-electron chi connectivity index (χ4n) is 5.90. The van der Waals surface area contributed by atoms with Gasteiger partial charge in [0.1, 0.15) is 11.9 Å². The number of aromatic nitrogens is 4. The van der Waals surface area contributed by atoms with Crippen LogP contribution in [0.25, 0.3) is 11.2 Å². The van der Waals surface area contributed by atoms with E-state index in [-0.39, 0.29) is 24.1 Å². The van der Waals surface area contributed by atoms with Crippen molar-refractivity contribution in [2.75, 3.05) is 18.4 Å². The Labute approximate surface area is 251 Å². The third kappa shape index (κ3) is 6.79. The van der Waals surface area contributed by atoms with Gasteiger partial charge in [0.15, 0.2) is 17.0 Å². The summed E-state index contributed by atoms with van der Waals surface area (Å²) in [5.41, 5.74) is 4.23. The Morgan fingerprint density at radius 3 is 2.37 bits per heavy atom. The van der Waals surface area contributed by atoms with Gasteiger partial charge < -0.3 is 24.8 Å². The number of hydrogen-bond donors (Lipinski definition) is 2.